The molecule has 0 aliphatic carbocycles. The third-order valence-electron chi connectivity index (χ3n) is 5.30. The van der Waals surface area contributed by atoms with E-state index in [2.05, 4.69) is 15.2 Å². The molecule has 2 aromatic heterocycles. The molecule has 4 rings (SSSR count). The number of amides is 2. The molecule has 0 saturated carbocycles. The fourth-order valence-electron chi connectivity index (χ4n) is 3.56. The van der Waals surface area contributed by atoms with Gasteiger partial charge < -0.3 is 19.0 Å². The summed E-state index contributed by atoms with van der Waals surface area (Å²) in [4.78, 5) is 31.8. The van der Waals surface area contributed by atoms with Gasteiger partial charge in [-0.3, -0.25) is 9.78 Å². The minimum absolute atomic E-state index is 0.0853. The molecule has 1 aliphatic heterocycles. The van der Waals surface area contributed by atoms with E-state index in [1.54, 1.807) is 20.8 Å². The van der Waals surface area contributed by atoms with Crippen LogP contribution in [0, 0.1) is 5.82 Å². The number of nitrogens with zero attached hydrogens (tertiary/aromatic N) is 5. The van der Waals surface area contributed by atoms with Crippen LogP contribution in [0.25, 0.3) is 11.5 Å². The average molecular weight is 521 g/mol. The van der Waals surface area contributed by atoms with Crippen LogP contribution in [0.4, 0.5) is 28.0 Å². The van der Waals surface area contributed by atoms with Gasteiger partial charge in [0.25, 0.3) is 11.8 Å². The van der Waals surface area contributed by atoms with Crippen LogP contribution in [0.2, 0.25) is 0 Å². The number of halogens is 4. The second-order valence-electron chi connectivity index (χ2n) is 9.46. The van der Waals surface area contributed by atoms with Crippen LogP contribution < -0.4 is 4.90 Å². The number of likely N-dealkylation sites (tertiary alicyclic amines) is 1. The van der Waals surface area contributed by atoms with Gasteiger partial charge in [0.15, 0.2) is 0 Å². The third kappa shape index (κ3) is 5.87. The fraction of sp³-hybridized carbons (Fsp3) is 0.375. The highest BCUT2D eigenvalue weighted by atomic mass is 19.3. The van der Waals surface area contributed by atoms with E-state index in [-0.39, 0.29) is 29.4 Å². The van der Waals surface area contributed by atoms with E-state index in [0.717, 1.165) is 15.9 Å². The summed E-state index contributed by atoms with van der Waals surface area (Å²) >= 11 is 0. The zero-order valence-corrected chi connectivity index (χ0v) is 20.1. The molecule has 0 bridgehead atoms. The quantitative estimate of drug-likeness (QED) is 0.434. The summed E-state index contributed by atoms with van der Waals surface area (Å²) in [6.45, 7) is 3.70. The zero-order chi connectivity index (χ0) is 27.0. The lowest BCUT2D eigenvalue weighted by Gasteiger charge is -2.45. The number of ether oxygens (including phenoxy) is 1. The van der Waals surface area contributed by atoms with E-state index in [1.165, 1.54) is 36.5 Å². The maximum atomic E-state index is 15.6. The van der Waals surface area contributed by atoms with Crippen LogP contribution in [0.3, 0.4) is 0 Å². The molecule has 0 atom stereocenters. The summed E-state index contributed by atoms with van der Waals surface area (Å²) in [6.07, 6.45) is -2.41. The van der Waals surface area contributed by atoms with Gasteiger partial charge >= 0.3 is 12.5 Å². The summed E-state index contributed by atoms with van der Waals surface area (Å²) in [5.74, 6) is -2.63. The Labute approximate surface area is 209 Å². The highest BCUT2D eigenvalue weighted by molar-refractivity contribution is 6.01. The lowest BCUT2D eigenvalue weighted by molar-refractivity contribution is -0.141. The van der Waals surface area contributed by atoms with E-state index in [4.69, 9.17) is 9.15 Å². The molecule has 0 N–H and O–H groups in total. The van der Waals surface area contributed by atoms with Crippen molar-refractivity contribution >= 4 is 17.7 Å². The van der Waals surface area contributed by atoms with Crippen LogP contribution in [-0.2, 0) is 16.1 Å². The summed E-state index contributed by atoms with van der Waals surface area (Å²) < 4.78 is 65.1. The van der Waals surface area contributed by atoms with Gasteiger partial charge in [-0.25, -0.2) is 13.6 Å². The standard InChI is InChI=1S/C24H23F4N5O4/c1-23(2,3)37-22(35)32-12-24(28,13-32)21(34)33(17-6-4-5-15(25)9-17)11-16-8-7-14(10-29-16)19-30-31-20(36-19)18(26)27/h4-10,18H,11-13H2,1-3H3. The van der Waals surface area contributed by atoms with E-state index in [1.807, 2.05) is 0 Å². The Morgan fingerprint density at radius 3 is 2.49 bits per heavy atom. The molecule has 196 valence electrons. The van der Waals surface area contributed by atoms with Gasteiger partial charge in [-0.2, -0.15) is 8.78 Å². The van der Waals surface area contributed by atoms with Gasteiger partial charge in [-0.05, 0) is 51.1 Å². The molecule has 1 fully saturated rings. The van der Waals surface area contributed by atoms with Crippen molar-refractivity contribution in [3.05, 3.63) is 60.0 Å². The first kappa shape index (κ1) is 26.0. The molecule has 9 nitrogen and oxygen atoms in total. The van der Waals surface area contributed by atoms with Gasteiger partial charge in [-0.1, -0.05) is 6.07 Å². The van der Waals surface area contributed by atoms with Crippen molar-refractivity contribution in [2.45, 2.75) is 45.0 Å². The summed E-state index contributed by atoms with van der Waals surface area (Å²) in [5.41, 5.74) is -2.59. The topological polar surface area (TPSA) is 102 Å². The minimum Gasteiger partial charge on any atom is -0.444 e. The Bertz CT molecular complexity index is 1290. The second-order valence-corrected chi connectivity index (χ2v) is 9.46. The maximum Gasteiger partial charge on any atom is 0.410 e. The maximum absolute atomic E-state index is 15.6. The van der Waals surface area contributed by atoms with Crippen molar-refractivity contribution in [3.8, 4) is 11.5 Å². The number of benzene rings is 1. The Morgan fingerprint density at radius 1 is 1.19 bits per heavy atom. The smallest absolute Gasteiger partial charge is 0.410 e. The van der Waals surface area contributed by atoms with E-state index >= 15 is 4.39 Å². The van der Waals surface area contributed by atoms with Crippen molar-refractivity contribution in [1.82, 2.24) is 20.1 Å². The molecule has 0 spiro atoms. The minimum atomic E-state index is -2.93. The highest BCUT2D eigenvalue weighted by Crippen LogP contribution is 2.32. The van der Waals surface area contributed by atoms with Crippen molar-refractivity contribution in [2.24, 2.45) is 0 Å². The Hall–Kier alpha value is -4.03. The van der Waals surface area contributed by atoms with E-state index in [9.17, 15) is 22.8 Å². The monoisotopic (exact) mass is 521 g/mol. The van der Waals surface area contributed by atoms with Crippen molar-refractivity contribution in [2.75, 3.05) is 18.0 Å². The van der Waals surface area contributed by atoms with Crippen LogP contribution >= 0.6 is 0 Å². The van der Waals surface area contributed by atoms with E-state index in [0.29, 0.717) is 0 Å². The lowest BCUT2D eigenvalue weighted by atomic mass is 9.94. The Morgan fingerprint density at radius 2 is 1.92 bits per heavy atom. The second kappa shape index (κ2) is 9.79. The SMILES string of the molecule is CC(C)(C)OC(=O)N1CC(F)(C(=O)N(Cc2ccc(-c3nnc(C(F)F)o3)cn2)c2cccc(F)c2)C1. The molecule has 13 heteroatoms. The molecule has 37 heavy (non-hydrogen) atoms. The van der Waals surface area contributed by atoms with E-state index < -0.39 is 54.5 Å². The molecule has 1 aromatic carbocycles. The lowest BCUT2D eigenvalue weighted by Crippen LogP contribution is -2.68. The van der Waals surface area contributed by atoms with Crippen LogP contribution in [0.5, 0.6) is 0 Å². The van der Waals surface area contributed by atoms with Crippen molar-refractivity contribution in [3.63, 3.8) is 0 Å². The predicted octanol–water partition coefficient (Wildman–Crippen LogP) is 4.70. The molecule has 2 amide bonds. The first-order valence-corrected chi connectivity index (χ1v) is 11.2. The van der Waals surface area contributed by atoms with Crippen molar-refractivity contribution in [1.29, 1.82) is 0 Å². The number of carbonyl (C=O) groups excluding carboxylic acids is 2. The summed E-state index contributed by atoms with van der Waals surface area (Å²) in [5, 5.41) is 6.80. The van der Waals surface area contributed by atoms with Gasteiger partial charge in [0.05, 0.1) is 30.9 Å². The highest BCUT2D eigenvalue weighted by Gasteiger charge is 2.54. The molecule has 0 unspecified atom stereocenters. The predicted molar refractivity (Wildman–Crippen MR) is 122 cm³/mol. The molecule has 0 radical (unpaired) electrons. The number of pyridine rings is 1. The number of alkyl halides is 3. The molecule has 1 aliphatic rings. The fourth-order valence-corrected chi connectivity index (χ4v) is 3.56. The average Bonchev–Trinajstić information content (AvgIpc) is 3.30. The molecular formula is C24H23F4N5O4. The third-order valence-corrected chi connectivity index (χ3v) is 5.30. The van der Waals surface area contributed by atoms with Crippen LogP contribution in [-0.4, -0.2) is 56.4 Å². The number of hydrogen-bond acceptors (Lipinski definition) is 7. The Balaban J connectivity index is 1.53. The zero-order valence-electron chi connectivity index (χ0n) is 20.1. The van der Waals surface area contributed by atoms with Crippen LogP contribution in [0.15, 0.2) is 47.0 Å². The number of rotatable bonds is 6. The number of carbonyl (C=O) groups is 2. The van der Waals surface area contributed by atoms with Crippen LogP contribution in [0.1, 0.15) is 38.8 Å². The van der Waals surface area contributed by atoms with Crippen molar-refractivity contribution < 1.29 is 36.3 Å². The first-order chi connectivity index (χ1) is 17.3. The van der Waals surface area contributed by atoms with Gasteiger partial charge in [0.2, 0.25) is 11.6 Å². The largest absolute Gasteiger partial charge is 0.444 e. The number of aromatic nitrogens is 3. The molecule has 3 aromatic rings. The van der Waals surface area contributed by atoms with Gasteiger partial charge in [-0.15, -0.1) is 10.2 Å². The summed E-state index contributed by atoms with van der Waals surface area (Å²) in [7, 11) is 0. The normalized spacial score (nSPS) is 14.9. The first-order valence-electron chi connectivity index (χ1n) is 11.2. The Kier molecular flexibility index (Phi) is 6.89. The number of hydrogen-bond donors (Lipinski definition) is 0. The van der Waals surface area contributed by atoms with Gasteiger partial charge in [0, 0.05) is 11.9 Å². The molecular weight excluding hydrogens is 498 g/mol. The summed E-state index contributed by atoms with van der Waals surface area (Å²) in [6, 6.07) is 7.97. The van der Waals surface area contributed by atoms with Gasteiger partial charge in [0.1, 0.15) is 11.4 Å². The molecule has 1 saturated heterocycles. The number of anilines is 1. The molecule has 3 heterocycles.